The number of thioether (sulfide) groups is 1. The molecule has 0 aliphatic rings. The van der Waals surface area contributed by atoms with E-state index in [2.05, 4.69) is 19.1 Å². The molecule has 0 unspecified atom stereocenters. The summed E-state index contributed by atoms with van der Waals surface area (Å²) in [6, 6.07) is 13.3. The Kier molecular flexibility index (Phi) is 4.40. The van der Waals surface area contributed by atoms with Crippen LogP contribution in [0.4, 0.5) is 5.69 Å². The molecule has 0 bridgehead atoms. The van der Waals surface area contributed by atoms with Crippen LogP contribution in [0.5, 0.6) is 0 Å². The highest BCUT2D eigenvalue weighted by Crippen LogP contribution is 2.32. The van der Waals surface area contributed by atoms with Crippen LogP contribution >= 0.6 is 11.8 Å². The summed E-state index contributed by atoms with van der Waals surface area (Å²) in [6.07, 6.45) is 1.18. The highest BCUT2D eigenvalue weighted by molar-refractivity contribution is 7.98. The molecule has 0 atom stereocenters. The average Bonchev–Trinajstić information content (AvgIpc) is 2.38. The lowest BCUT2D eigenvalue weighted by atomic mass is 10.1. The molecule has 0 aliphatic heterocycles. The summed E-state index contributed by atoms with van der Waals surface area (Å²) < 4.78 is 23.3. The van der Waals surface area contributed by atoms with Crippen LogP contribution in [0.15, 0.2) is 52.3 Å². The number of anilines is 1. The second kappa shape index (κ2) is 5.89. The van der Waals surface area contributed by atoms with Gasteiger partial charge in [-0.15, -0.1) is 11.8 Å². The van der Waals surface area contributed by atoms with Crippen LogP contribution < -0.4 is 5.73 Å². The van der Waals surface area contributed by atoms with Gasteiger partial charge in [-0.1, -0.05) is 30.3 Å². The molecule has 2 aromatic rings. The summed E-state index contributed by atoms with van der Waals surface area (Å²) >= 11 is 1.56. The van der Waals surface area contributed by atoms with Crippen molar-refractivity contribution >= 4 is 27.3 Å². The smallest absolute Gasteiger partial charge is 0.177 e. The lowest BCUT2D eigenvalue weighted by molar-refractivity contribution is 0.602. The van der Waals surface area contributed by atoms with E-state index in [0.717, 1.165) is 10.6 Å². The van der Waals surface area contributed by atoms with Crippen molar-refractivity contribution in [1.29, 1.82) is 0 Å². The van der Waals surface area contributed by atoms with E-state index in [0.29, 0.717) is 5.69 Å². The zero-order valence-corrected chi connectivity index (χ0v) is 13.1. The van der Waals surface area contributed by atoms with Gasteiger partial charge in [0.25, 0.3) is 0 Å². The first-order chi connectivity index (χ1) is 9.39. The SMILES string of the molecule is Cc1ccccc1CSc1cccc(S(C)(=O)=O)c1N. The van der Waals surface area contributed by atoms with E-state index >= 15 is 0 Å². The van der Waals surface area contributed by atoms with Crippen LogP contribution in [0, 0.1) is 6.92 Å². The van der Waals surface area contributed by atoms with Gasteiger partial charge in [-0.2, -0.15) is 0 Å². The van der Waals surface area contributed by atoms with Crippen molar-refractivity contribution in [2.45, 2.75) is 22.5 Å². The number of nitrogens with two attached hydrogens (primary N) is 1. The number of para-hydroxylation sites is 1. The normalized spacial score (nSPS) is 11.5. The van der Waals surface area contributed by atoms with Crippen LogP contribution in [0.1, 0.15) is 11.1 Å². The maximum Gasteiger partial charge on any atom is 0.177 e. The maximum absolute atomic E-state index is 11.6. The summed E-state index contributed by atoms with van der Waals surface area (Å²) in [5.74, 6) is 0.768. The molecule has 2 rings (SSSR count). The van der Waals surface area contributed by atoms with Gasteiger partial charge in [-0.3, -0.25) is 0 Å². The molecule has 0 spiro atoms. The molecule has 3 nitrogen and oxygen atoms in total. The van der Waals surface area contributed by atoms with E-state index in [1.165, 1.54) is 17.4 Å². The molecule has 2 N–H and O–H groups in total. The molecule has 106 valence electrons. The number of nitrogen functional groups attached to an aromatic ring is 1. The molecular formula is C15H17NO2S2. The molecule has 0 saturated heterocycles. The topological polar surface area (TPSA) is 60.2 Å². The summed E-state index contributed by atoms with van der Waals surface area (Å²) in [7, 11) is -3.29. The quantitative estimate of drug-likeness (QED) is 0.695. The standard InChI is InChI=1S/C15H17NO2S2/c1-11-6-3-4-7-12(11)10-19-13-8-5-9-14(15(13)16)20(2,17)18/h3-9H,10,16H2,1-2H3. The van der Waals surface area contributed by atoms with Crippen LogP contribution in [-0.4, -0.2) is 14.7 Å². The van der Waals surface area contributed by atoms with E-state index in [1.54, 1.807) is 23.9 Å². The van der Waals surface area contributed by atoms with Crippen LogP contribution in [0.2, 0.25) is 0 Å². The Bertz CT molecular complexity index is 724. The number of hydrogen-bond acceptors (Lipinski definition) is 4. The lowest BCUT2D eigenvalue weighted by Crippen LogP contribution is -2.03. The fourth-order valence-corrected chi connectivity index (χ4v) is 3.88. The van der Waals surface area contributed by atoms with E-state index in [-0.39, 0.29) is 4.90 Å². The molecule has 0 amide bonds. The summed E-state index contributed by atoms with van der Waals surface area (Å²) in [4.78, 5) is 1.00. The molecule has 0 radical (unpaired) electrons. The maximum atomic E-state index is 11.6. The van der Waals surface area contributed by atoms with Crippen molar-refractivity contribution in [1.82, 2.24) is 0 Å². The minimum absolute atomic E-state index is 0.201. The predicted octanol–water partition coefficient (Wildman–Crippen LogP) is 3.27. The van der Waals surface area contributed by atoms with E-state index < -0.39 is 9.84 Å². The van der Waals surface area contributed by atoms with Gasteiger partial charge in [-0.25, -0.2) is 8.42 Å². The number of benzene rings is 2. The fraction of sp³-hybridized carbons (Fsp3) is 0.200. The van der Waals surface area contributed by atoms with Gasteiger partial charge in [0.1, 0.15) is 0 Å². The second-order valence-corrected chi connectivity index (χ2v) is 7.66. The van der Waals surface area contributed by atoms with Crippen LogP contribution in [0.25, 0.3) is 0 Å². The van der Waals surface area contributed by atoms with Crippen molar-refractivity contribution in [2.75, 3.05) is 12.0 Å². The predicted molar refractivity (Wildman–Crippen MR) is 84.7 cm³/mol. The molecule has 2 aromatic carbocycles. The highest BCUT2D eigenvalue weighted by Gasteiger charge is 2.14. The van der Waals surface area contributed by atoms with E-state index in [9.17, 15) is 8.42 Å². The van der Waals surface area contributed by atoms with Crippen molar-refractivity contribution in [3.63, 3.8) is 0 Å². The summed E-state index contributed by atoms with van der Waals surface area (Å²) in [6.45, 7) is 2.06. The van der Waals surface area contributed by atoms with Crippen molar-refractivity contribution < 1.29 is 8.42 Å². The van der Waals surface area contributed by atoms with Gasteiger partial charge in [-0.05, 0) is 30.2 Å². The molecule has 5 heteroatoms. The summed E-state index contributed by atoms with van der Waals surface area (Å²) in [5, 5.41) is 0. The lowest BCUT2D eigenvalue weighted by Gasteiger charge is -2.10. The highest BCUT2D eigenvalue weighted by atomic mass is 32.2. The third kappa shape index (κ3) is 3.35. The third-order valence-corrected chi connectivity index (χ3v) is 5.35. The molecule has 20 heavy (non-hydrogen) atoms. The van der Waals surface area contributed by atoms with Gasteiger partial charge in [0.15, 0.2) is 9.84 Å². The third-order valence-electron chi connectivity index (χ3n) is 3.07. The molecule has 0 fully saturated rings. The first kappa shape index (κ1) is 14.9. The van der Waals surface area contributed by atoms with Crippen LogP contribution in [0.3, 0.4) is 0 Å². The monoisotopic (exact) mass is 307 g/mol. The van der Waals surface area contributed by atoms with Crippen molar-refractivity contribution in [2.24, 2.45) is 0 Å². The van der Waals surface area contributed by atoms with Crippen molar-refractivity contribution in [3.8, 4) is 0 Å². The molecule has 0 aliphatic carbocycles. The van der Waals surface area contributed by atoms with Gasteiger partial charge in [0.2, 0.25) is 0 Å². The first-order valence-corrected chi connectivity index (χ1v) is 9.03. The molecule has 0 saturated carbocycles. The van der Waals surface area contributed by atoms with E-state index in [4.69, 9.17) is 5.73 Å². The Morgan fingerprint density at radius 3 is 2.45 bits per heavy atom. The number of hydrogen-bond donors (Lipinski definition) is 1. The Morgan fingerprint density at radius 2 is 1.80 bits per heavy atom. The number of rotatable bonds is 4. The zero-order chi connectivity index (χ0) is 14.8. The Labute approximate surface area is 124 Å². The van der Waals surface area contributed by atoms with Gasteiger partial charge in [0.05, 0.1) is 10.6 Å². The second-order valence-electron chi connectivity index (χ2n) is 4.66. The fourth-order valence-electron chi connectivity index (χ4n) is 1.90. The number of aryl methyl sites for hydroxylation is 1. The largest absolute Gasteiger partial charge is 0.397 e. The van der Waals surface area contributed by atoms with Crippen molar-refractivity contribution in [3.05, 3.63) is 53.6 Å². The Hall–Kier alpha value is -1.46. The number of sulfone groups is 1. The van der Waals surface area contributed by atoms with Gasteiger partial charge < -0.3 is 5.73 Å². The zero-order valence-electron chi connectivity index (χ0n) is 11.5. The summed E-state index contributed by atoms with van der Waals surface area (Å²) in [5.41, 5.74) is 8.76. The van der Waals surface area contributed by atoms with E-state index in [1.807, 2.05) is 18.2 Å². The van der Waals surface area contributed by atoms with Gasteiger partial charge >= 0.3 is 0 Å². The molecule has 0 aromatic heterocycles. The Morgan fingerprint density at radius 1 is 1.10 bits per heavy atom. The molecular weight excluding hydrogens is 290 g/mol. The average molecular weight is 307 g/mol. The first-order valence-electron chi connectivity index (χ1n) is 6.15. The molecule has 0 heterocycles. The van der Waals surface area contributed by atoms with Crippen LogP contribution in [-0.2, 0) is 15.6 Å². The minimum Gasteiger partial charge on any atom is -0.397 e. The van der Waals surface area contributed by atoms with Gasteiger partial charge in [0, 0.05) is 16.9 Å². The Balaban J connectivity index is 2.25. The minimum atomic E-state index is -3.29.